The van der Waals surface area contributed by atoms with Crippen molar-refractivity contribution in [3.05, 3.63) is 82.9 Å². The van der Waals surface area contributed by atoms with E-state index in [0.29, 0.717) is 60.8 Å². The first-order valence-corrected chi connectivity index (χ1v) is 16.4. The fourth-order valence-electron chi connectivity index (χ4n) is 5.66. The number of aryl methyl sites for hydroxylation is 3. The highest BCUT2D eigenvalue weighted by molar-refractivity contribution is 6.09. The standard InChI is InChI=1S/C37H44N4O8/c1-25-9-6-14-29(35(25)37(46)41(24-42)30-16-18-33(43)40-36(30)45)38-19-4-5-20-39-34(44)23-49-28-13-8-12-26(21-28)10-7-11-27-15-17-31(47-2)32(22-27)48-3/h6,8-9,12-15,17,21-22,24,30,38H,4-5,7,10-11,16,18-20,23H2,1-3H3,(H,39,44)(H,40,43,45). The van der Waals surface area contributed by atoms with Gasteiger partial charge in [0.2, 0.25) is 18.2 Å². The predicted molar refractivity (Wildman–Crippen MR) is 184 cm³/mol. The molecule has 0 bridgehead atoms. The maximum atomic E-state index is 13.4. The fourth-order valence-corrected chi connectivity index (χ4v) is 5.66. The van der Waals surface area contributed by atoms with E-state index in [-0.39, 0.29) is 30.9 Å². The maximum absolute atomic E-state index is 13.4. The SMILES string of the molecule is COc1ccc(CCCc2cccc(OCC(=O)NCCCCNc3cccc(C)c3C(=O)N(C=O)C3CCC(=O)NC3=O)c2)cc1OC. The summed E-state index contributed by atoms with van der Waals surface area (Å²) in [4.78, 5) is 62.4. The van der Waals surface area contributed by atoms with Gasteiger partial charge in [-0.15, -0.1) is 0 Å². The summed E-state index contributed by atoms with van der Waals surface area (Å²) >= 11 is 0. The monoisotopic (exact) mass is 672 g/mol. The van der Waals surface area contributed by atoms with Crippen LogP contribution in [0.5, 0.6) is 17.2 Å². The minimum atomic E-state index is -1.05. The molecule has 1 heterocycles. The number of piperidine rings is 1. The number of anilines is 1. The van der Waals surface area contributed by atoms with Crippen molar-refractivity contribution in [1.29, 1.82) is 0 Å². The topological polar surface area (TPSA) is 152 Å². The van der Waals surface area contributed by atoms with Crippen LogP contribution in [0.2, 0.25) is 0 Å². The summed E-state index contributed by atoms with van der Waals surface area (Å²) in [6.07, 6.45) is 4.52. The van der Waals surface area contributed by atoms with Gasteiger partial charge < -0.3 is 24.8 Å². The van der Waals surface area contributed by atoms with Crippen LogP contribution in [0.4, 0.5) is 5.69 Å². The highest BCUT2D eigenvalue weighted by atomic mass is 16.5. The quantitative estimate of drug-likeness (QED) is 0.104. The van der Waals surface area contributed by atoms with Crippen LogP contribution in [0.25, 0.3) is 0 Å². The van der Waals surface area contributed by atoms with E-state index in [1.54, 1.807) is 39.3 Å². The lowest BCUT2D eigenvalue weighted by molar-refractivity contribution is -0.139. The summed E-state index contributed by atoms with van der Waals surface area (Å²) in [5.41, 5.74) is 3.75. The molecule has 1 atom stereocenters. The number of carbonyl (C=O) groups is 5. The molecule has 1 saturated heterocycles. The lowest BCUT2D eigenvalue weighted by Gasteiger charge is -2.29. The molecule has 1 fully saturated rings. The molecule has 12 heteroatoms. The molecule has 3 N–H and O–H groups in total. The first-order chi connectivity index (χ1) is 23.7. The van der Waals surface area contributed by atoms with E-state index < -0.39 is 23.8 Å². The van der Waals surface area contributed by atoms with Crippen molar-refractivity contribution in [3.63, 3.8) is 0 Å². The van der Waals surface area contributed by atoms with Crippen LogP contribution >= 0.6 is 0 Å². The summed E-state index contributed by atoms with van der Waals surface area (Å²) < 4.78 is 16.4. The number of unbranched alkanes of at least 4 members (excludes halogenated alkanes) is 1. The highest BCUT2D eigenvalue weighted by Crippen LogP contribution is 2.28. The summed E-state index contributed by atoms with van der Waals surface area (Å²) in [5.74, 6) is 0.128. The molecule has 4 rings (SSSR count). The third-order valence-electron chi connectivity index (χ3n) is 8.27. The van der Waals surface area contributed by atoms with Crippen LogP contribution in [0.1, 0.15) is 59.2 Å². The van der Waals surface area contributed by atoms with Crippen LogP contribution in [-0.2, 0) is 32.0 Å². The van der Waals surface area contributed by atoms with Crippen molar-refractivity contribution in [1.82, 2.24) is 15.5 Å². The fraction of sp³-hybridized carbons (Fsp3) is 0.378. The van der Waals surface area contributed by atoms with Gasteiger partial charge in [-0.1, -0.05) is 30.3 Å². The number of benzene rings is 3. The summed E-state index contributed by atoms with van der Waals surface area (Å²) in [6, 6.07) is 17.9. The van der Waals surface area contributed by atoms with Gasteiger partial charge in [0.1, 0.15) is 11.8 Å². The van der Waals surface area contributed by atoms with Gasteiger partial charge in [0.15, 0.2) is 18.1 Å². The van der Waals surface area contributed by atoms with Gasteiger partial charge in [-0.25, -0.2) is 0 Å². The average molecular weight is 673 g/mol. The first-order valence-electron chi connectivity index (χ1n) is 16.4. The lowest BCUT2D eigenvalue weighted by Crippen LogP contribution is -2.54. The Morgan fingerprint density at radius 2 is 1.65 bits per heavy atom. The molecule has 0 spiro atoms. The van der Waals surface area contributed by atoms with E-state index >= 15 is 0 Å². The molecule has 0 aliphatic carbocycles. The van der Waals surface area contributed by atoms with Gasteiger partial charge >= 0.3 is 0 Å². The second-order valence-corrected chi connectivity index (χ2v) is 11.7. The Labute approximate surface area is 286 Å². The lowest BCUT2D eigenvalue weighted by atomic mass is 10.0. The van der Waals surface area contributed by atoms with Crippen molar-refractivity contribution in [2.75, 3.05) is 39.2 Å². The van der Waals surface area contributed by atoms with Crippen LogP contribution in [0, 0.1) is 6.92 Å². The summed E-state index contributed by atoms with van der Waals surface area (Å²) in [7, 11) is 3.25. The molecule has 260 valence electrons. The number of carbonyl (C=O) groups excluding carboxylic acids is 5. The number of methoxy groups -OCH3 is 2. The second-order valence-electron chi connectivity index (χ2n) is 11.7. The third-order valence-corrected chi connectivity index (χ3v) is 8.27. The van der Waals surface area contributed by atoms with E-state index in [0.717, 1.165) is 29.7 Å². The zero-order valence-electron chi connectivity index (χ0n) is 28.2. The predicted octanol–water partition coefficient (Wildman–Crippen LogP) is 3.98. The zero-order valence-corrected chi connectivity index (χ0v) is 28.2. The number of imide groups is 2. The Morgan fingerprint density at radius 1 is 0.918 bits per heavy atom. The minimum absolute atomic E-state index is 0.0479. The van der Waals surface area contributed by atoms with Crippen LogP contribution in [-0.4, -0.2) is 74.9 Å². The molecule has 1 aliphatic rings. The molecule has 1 aliphatic heterocycles. The van der Waals surface area contributed by atoms with Crippen molar-refractivity contribution in [2.45, 2.75) is 57.9 Å². The van der Waals surface area contributed by atoms with Crippen molar-refractivity contribution in [2.24, 2.45) is 0 Å². The van der Waals surface area contributed by atoms with Gasteiger partial charge in [0, 0.05) is 25.2 Å². The van der Waals surface area contributed by atoms with Crippen molar-refractivity contribution < 1.29 is 38.2 Å². The Balaban J connectivity index is 1.16. The molecule has 1 unspecified atom stereocenters. The highest BCUT2D eigenvalue weighted by Gasteiger charge is 2.36. The van der Waals surface area contributed by atoms with Crippen LogP contribution in [0.3, 0.4) is 0 Å². The number of rotatable bonds is 18. The molecule has 0 radical (unpaired) electrons. The van der Waals surface area contributed by atoms with Crippen LogP contribution in [0.15, 0.2) is 60.7 Å². The van der Waals surface area contributed by atoms with E-state index in [1.807, 2.05) is 42.5 Å². The Kier molecular flexibility index (Phi) is 13.6. The normalized spacial score (nSPS) is 14.0. The van der Waals surface area contributed by atoms with E-state index in [4.69, 9.17) is 14.2 Å². The third kappa shape index (κ3) is 10.3. The van der Waals surface area contributed by atoms with Gasteiger partial charge in [-0.3, -0.25) is 34.2 Å². The Hall–Kier alpha value is -5.39. The summed E-state index contributed by atoms with van der Waals surface area (Å²) in [6.45, 7) is 2.62. The van der Waals surface area contributed by atoms with Crippen molar-refractivity contribution in [3.8, 4) is 17.2 Å². The van der Waals surface area contributed by atoms with E-state index in [2.05, 4.69) is 16.0 Å². The Bertz CT molecular complexity index is 1640. The van der Waals surface area contributed by atoms with Gasteiger partial charge in [-0.05, 0) is 92.5 Å². The molecule has 0 aromatic heterocycles. The Morgan fingerprint density at radius 3 is 2.39 bits per heavy atom. The number of hydrogen-bond acceptors (Lipinski definition) is 9. The molecular formula is C37H44N4O8. The number of nitrogens with zero attached hydrogens (tertiary/aromatic N) is 1. The first kappa shape index (κ1) is 36.4. The van der Waals surface area contributed by atoms with Gasteiger partial charge in [-0.2, -0.15) is 0 Å². The number of nitrogens with one attached hydrogen (secondary N) is 3. The van der Waals surface area contributed by atoms with Crippen molar-refractivity contribution >= 4 is 35.7 Å². The summed E-state index contributed by atoms with van der Waals surface area (Å²) in [5, 5.41) is 8.30. The second kappa shape index (κ2) is 18.2. The molecule has 5 amide bonds. The molecule has 49 heavy (non-hydrogen) atoms. The molecule has 3 aromatic carbocycles. The van der Waals surface area contributed by atoms with E-state index in [9.17, 15) is 24.0 Å². The molecule has 3 aromatic rings. The zero-order chi connectivity index (χ0) is 35.2. The average Bonchev–Trinajstić information content (AvgIpc) is 3.10. The molecular weight excluding hydrogens is 628 g/mol. The van der Waals surface area contributed by atoms with E-state index in [1.165, 1.54) is 5.56 Å². The number of hydrogen-bond donors (Lipinski definition) is 3. The largest absolute Gasteiger partial charge is 0.493 e. The van der Waals surface area contributed by atoms with Gasteiger partial charge in [0.05, 0.1) is 19.8 Å². The smallest absolute Gasteiger partial charge is 0.263 e. The number of ether oxygens (including phenoxy) is 3. The van der Waals surface area contributed by atoms with Gasteiger partial charge in [0.25, 0.3) is 11.8 Å². The number of amides is 5. The molecule has 12 nitrogen and oxygen atoms in total. The van der Waals surface area contributed by atoms with Crippen LogP contribution < -0.4 is 30.2 Å². The minimum Gasteiger partial charge on any atom is -0.493 e. The maximum Gasteiger partial charge on any atom is 0.263 e. The molecule has 0 saturated carbocycles.